The van der Waals surface area contributed by atoms with Crippen LogP contribution in [0.4, 0.5) is 5.13 Å². The molecule has 1 rings (SSSR count). The van der Waals surface area contributed by atoms with Crippen molar-refractivity contribution in [3.8, 4) is 0 Å². The molecule has 1 unspecified atom stereocenters. The standard InChI is InChI=1S/C9H14N4O3S2/c1-4(2)6(7(10)16)11-8-12-13-9(18-8)17-3-5(14)15/h4,6H,3H2,1-2H3,(H2,10,16)(H,11,12)(H,14,15). The van der Waals surface area contributed by atoms with E-state index in [0.717, 1.165) is 11.8 Å². The number of carboxylic acids is 1. The van der Waals surface area contributed by atoms with Gasteiger partial charge >= 0.3 is 5.97 Å². The van der Waals surface area contributed by atoms with E-state index in [1.165, 1.54) is 11.3 Å². The molecule has 1 aromatic rings. The van der Waals surface area contributed by atoms with Gasteiger partial charge in [0.15, 0.2) is 4.34 Å². The van der Waals surface area contributed by atoms with Gasteiger partial charge in [-0.15, -0.1) is 10.2 Å². The van der Waals surface area contributed by atoms with Gasteiger partial charge in [-0.1, -0.05) is 36.9 Å². The van der Waals surface area contributed by atoms with Crippen LogP contribution < -0.4 is 11.1 Å². The number of carboxylic acid groups (broad SMARTS) is 1. The highest BCUT2D eigenvalue weighted by Gasteiger charge is 2.20. The Morgan fingerprint density at radius 1 is 1.50 bits per heavy atom. The number of nitrogens with zero attached hydrogens (tertiary/aromatic N) is 2. The normalized spacial score (nSPS) is 12.4. The Morgan fingerprint density at radius 2 is 2.17 bits per heavy atom. The summed E-state index contributed by atoms with van der Waals surface area (Å²) in [5.74, 6) is -1.42. The number of primary amides is 1. The van der Waals surface area contributed by atoms with Gasteiger partial charge in [0.05, 0.1) is 5.75 Å². The highest BCUT2D eigenvalue weighted by molar-refractivity contribution is 8.01. The Bertz CT molecular complexity index is 435. The molecule has 0 saturated heterocycles. The van der Waals surface area contributed by atoms with Gasteiger partial charge in [0.1, 0.15) is 6.04 Å². The lowest BCUT2D eigenvalue weighted by molar-refractivity contribution is -0.133. The van der Waals surface area contributed by atoms with E-state index in [-0.39, 0.29) is 11.7 Å². The molecule has 4 N–H and O–H groups in total. The number of carbonyl (C=O) groups excluding carboxylic acids is 1. The van der Waals surface area contributed by atoms with Gasteiger partial charge in [-0.2, -0.15) is 0 Å². The molecule has 0 aromatic carbocycles. The van der Waals surface area contributed by atoms with E-state index in [9.17, 15) is 9.59 Å². The summed E-state index contributed by atoms with van der Waals surface area (Å²) in [7, 11) is 0. The van der Waals surface area contributed by atoms with Gasteiger partial charge in [0.25, 0.3) is 0 Å². The fourth-order valence-corrected chi connectivity index (χ4v) is 2.66. The number of hydrogen-bond donors (Lipinski definition) is 3. The summed E-state index contributed by atoms with van der Waals surface area (Å²) in [6.07, 6.45) is 0. The third kappa shape index (κ3) is 4.49. The van der Waals surface area contributed by atoms with E-state index in [4.69, 9.17) is 10.8 Å². The number of thioether (sulfide) groups is 1. The maximum absolute atomic E-state index is 11.2. The molecule has 1 heterocycles. The van der Waals surface area contributed by atoms with Gasteiger partial charge in [-0.3, -0.25) is 9.59 Å². The van der Waals surface area contributed by atoms with Crippen molar-refractivity contribution < 1.29 is 14.7 Å². The Hall–Kier alpha value is -1.35. The van der Waals surface area contributed by atoms with Crippen molar-refractivity contribution in [3.63, 3.8) is 0 Å². The van der Waals surface area contributed by atoms with Crippen molar-refractivity contribution >= 4 is 40.1 Å². The van der Waals surface area contributed by atoms with Crippen molar-refractivity contribution in [3.05, 3.63) is 0 Å². The molecule has 0 fully saturated rings. The molecule has 1 amide bonds. The monoisotopic (exact) mass is 290 g/mol. The van der Waals surface area contributed by atoms with Crippen LogP contribution in [0.15, 0.2) is 4.34 Å². The van der Waals surface area contributed by atoms with E-state index < -0.39 is 17.9 Å². The van der Waals surface area contributed by atoms with Gasteiger partial charge in [-0.25, -0.2) is 0 Å². The molecule has 0 radical (unpaired) electrons. The van der Waals surface area contributed by atoms with Crippen LogP contribution in [0, 0.1) is 5.92 Å². The molecular weight excluding hydrogens is 276 g/mol. The minimum atomic E-state index is -0.915. The van der Waals surface area contributed by atoms with Crippen LogP contribution in [-0.2, 0) is 9.59 Å². The van der Waals surface area contributed by atoms with E-state index in [1.807, 2.05) is 13.8 Å². The van der Waals surface area contributed by atoms with Crippen LogP contribution in [0.1, 0.15) is 13.8 Å². The van der Waals surface area contributed by atoms with Gasteiger partial charge in [-0.05, 0) is 5.92 Å². The molecule has 1 aromatic heterocycles. The van der Waals surface area contributed by atoms with Crippen LogP contribution in [0.2, 0.25) is 0 Å². The van der Waals surface area contributed by atoms with E-state index in [0.29, 0.717) is 9.47 Å². The molecule has 0 bridgehead atoms. The number of nitrogens with one attached hydrogen (secondary N) is 1. The maximum Gasteiger partial charge on any atom is 0.313 e. The maximum atomic E-state index is 11.2. The molecule has 0 saturated carbocycles. The fraction of sp³-hybridized carbons (Fsp3) is 0.556. The molecule has 9 heteroatoms. The molecule has 7 nitrogen and oxygen atoms in total. The molecular formula is C9H14N4O3S2. The number of carbonyl (C=O) groups is 2. The quantitative estimate of drug-likeness (QED) is 0.630. The topological polar surface area (TPSA) is 118 Å². The predicted molar refractivity (Wildman–Crippen MR) is 69.7 cm³/mol. The number of rotatable bonds is 7. The second-order valence-electron chi connectivity index (χ2n) is 3.82. The van der Waals surface area contributed by atoms with E-state index in [1.54, 1.807) is 0 Å². The first-order chi connectivity index (χ1) is 8.40. The zero-order chi connectivity index (χ0) is 13.7. The van der Waals surface area contributed by atoms with Crippen LogP contribution >= 0.6 is 23.1 Å². The van der Waals surface area contributed by atoms with Crippen molar-refractivity contribution in [2.75, 3.05) is 11.1 Å². The smallest absolute Gasteiger partial charge is 0.313 e. The Kier molecular flexibility index (Phi) is 5.35. The SMILES string of the molecule is CC(C)C(Nc1nnc(SCC(=O)O)s1)C(N)=O. The van der Waals surface area contributed by atoms with Crippen molar-refractivity contribution in [1.29, 1.82) is 0 Å². The van der Waals surface area contributed by atoms with Gasteiger partial charge < -0.3 is 16.2 Å². The Morgan fingerprint density at radius 3 is 2.67 bits per heavy atom. The van der Waals surface area contributed by atoms with Gasteiger partial charge in [0.2, 0.25) is 11.0 Å². The van der Waals surface area contributed by atoms with Crippen molar-refractivity contribution in [2.24, 2.45) is 11.7 Å². The molecule has 0 spiro atoms. The third-order valence-corrected chi connectivity index (χ3v) is 3.95. The number of aliphatic carboxylic acids is 1. The summed E-state index contributed by atoms with van der Waals surface area (Å²) in [5.41, 5.74) is 5.26. The minimum Gasteiger partial charge on any atom is -0.481 e. The van der Waals surface area contributed by atoms with Gasteiger partial charge in [0, 0.05) is 0 Å². The lowest BCUT2D eigenvalue weighted by Gasteiger charge is -2.17. The average Bonchev–Trinajstić information content (AvgIpc) is 2.70. The van der Waals surface area contributed by atoms with Crippen LogP contribution in [0.3, 0.4) is 0 Å². The average molecular weight is 290 g/mol. The molecule has 0 aliphatic rings. The molecule has 18 heavy (non-hydrogen) atoms. The largest absolute Gasteiger partial charge is 0.481 e. The summed E-state index contributed by atoms with van der Waals surface area (Å²) in [6.45, 7) is 3.73. The van der Waals surface area contributed by atoms with Crippen LogP contribution in [0.25, 0.3) is 0 Å². The first-order valence-corrected chi connectivity index (χ1v) is 6.94. The molecule has 1 atom stereocenters. The van der Waals surface area contributed by atoms with E-state index in [2.05, 4.69) is 15.5 Å². The summed E-state index contributed by atoms with van der Waals surface area (Å²) < 4.78 is 0.534. The molecule has 100 valence electrons. The number of nitrogens with two attached hydrogens (primary N) is 1. The fourth-order valence-electron chi connectivity index (χ4n) is 1.15. The number of amides is 1. The first-order valence-electron chi connectivity index (χ1n) is 5.14. The zero-order valence-electron chi connectivity index (χ0n) is 9.91. The number of aromatic nitrogens is 2. The first kappa shape index (κ1) is 14.7. The molecule has 0 aliphatic carbocycles. The highest BCUT2D eigenvalue weighted by atomic mass is 32.2. The van der Waals surface area contributed by atoms with Crippen LogP contribution in [0.5, 0.6) is 0 Å². The summed E-state index contributed by atoms with van der Waals surface area (Å²) in [5, 5.41) is 19.5. The number of anilines is 1. The highest BCUT2D eigenvalue weighted by Crippen LogP contribution is 2.26. The van der Waals surface area contributed by atoms with E-state index >= 15 is 0 Å². The number of hydrogen-bond acceptors (Lipinski definition) is 7. The van der Waals surface area contributed by atoms with Crippen molar-refractivity contribution in [2.45, 2.75) is 24.2 Å². The summed E-state index contributed by atoms with van der Waals surface area (Å²) >= 11 is 2.28. The zero-order valence-corrected chi connectivity index (χ0v) is 11.5. The second-order valence-corrected chi connectivity index (χ2v) is 6.02. The lowest BCUT2D eigenvalue weighted by atomic mass is 10.0. The predicted octanol–water partition coefficient (Wildman–Crippen LogP) is 0.637. The second kappa shape index (κ2) is 6.55. The summed E-state index contributed by atoms with van der Waals surface area (Å²) in [6, 6.07) is -0.518. The molecule has 0 aliphatic heterocycles. The minimum absolute atomic E-state index is 0.0292. The van der Waals surface area contributed by atoms with Crippen molar-refractivity contribution in [1.82, 2.24) is 10.2 Å². The van der Waals surface area contributed by atoms with Crippen LogP contribution in [-0.4, -0.2) is 39.0 Å². The third-order valence-electron chi connectivity index (χ3n) is 1.98. The Balaban J connectivity index is 2.62. The lowest BCUT2D eigenvalue weighted by Crippen LogP contribution is -2.39. The Labute approximate surface area is 112 Å². The summed E-state index contributed by atoms with van der Waals surface area (Å²) in [4.78, 5) is 21.6.